The first-order valence-electron chi connectivity index (χ1n) is 6.61. The molecule has 0 aliphatic carbocycles. The summed E-state index contributed by atoms with van der Waals surface area (Å²) in [6.07, 6.45) is 1.87. The summed E-state index contributed by atoms with van der Waals surface area (Å²) >= 11 is 5.96. The van der Waals surface area contributed by atoms with Crippen LogP contribution in [0.2, 0.25) is 5.02 Å². The van der Waals surface area contributed by atoms with Crippen molar-refractivity contribution in [1.82, 2.24) is 9.97 Å². The van der Waals surface area contributed by atoms with Gasteiger partial charge in [0, 0.05) is 38.8 Å². The van der Waals surface area contributed by atoms with E-state index < -0.39 is 0 Å². The predicted octanol–water partition coefficient (Wildman–Crippen LogP) is 4.33. The Bertz CT molecular complexity index is 1030. The SMILES string of the molecule is O=c1[nH]c2cc(Cl)ccc2cc1-c1c[nH]c2ccccc12. The van der Waals surface area contributed by atoms with Gasteiger partial charge in [-0.25, -0.2) is 0 Å². The molecule has 0 radical (unpaired) electrons. The molecule has 4 rings (SSSR count). The molecule has 4 aromatic rings. The second-order valence-corrected chi connectivity index (χ2v) is 5.43. The van der Waals surface area contributed by atoms with Gasteiger partial charge >= 0.3 is 0 Å². The lowest BCUT2D eigenvalue weighted by Gasteiger charge is -2.03. The van der Waals surface area contributed by atoms with E-state index in [1.165, 1.54) is 0 Å². The maximum atomic E-state index is 12.4. The molecule has 0 aliphatic rings. The molecule has 21 heavy (non-hydrogen) atoms. The number of pyridine rings is 1. The third kappa shape index (κ3) is 1.94. The molecule has 2 N–H and O–H groups in total. The van der Waals surface area contributed by atoms with E-state index in [4.69, 9.17) is 11.6 Å². The van der Waals surface area contributed by atoms with Crippen LogP contribution in [0.4, 0.5) is 0 Å². The molecule has 0 spiro atoms. The van der Waals surface area contributed by atoms with E-state index in [1.807, 2.05) is 48.7 Å². The molecular weight excluding hydrogens is 284 g/mol. The number of hydrogen-bond donors (Lipinski definition) is 2. The van der Waals surface area contributed by atoms with Crippen molar-refractivity contribution in [2.45, 2.75) is 0 Å². The number of aromatic amines is 2. The summed E-state index contributed by atoms with van der Waals surface area (Å²) in [5.74, 6) is 0. The Morgan fingerprint density at radius 3 is 2.67 bits per heavy atom. The van der Waals surface area contributed by atoms with Crippen molar-refractivity contribution in [3.8, 4) is 11.1 Å². The highest BCUT2D eigenvalue weighted by molar-refractivity contribution is 6.31. The Kier molecular flexibility index (Phi) is 2.62. The molecule has 3 nitrogen and oxygen atoms in total. The summed E-state index contributed by atoms with van der Waals surface area (Å²) in [6, 6.07) is 15.3. The van der Waals surface area contributed by atoms with E-state index in [0.29, 0.717) is 10.6 Å². The molecule has 0 amide bonds. The number of halogens is 1. The maximum Gasteiger partial charge on any atom is 0.256 e. The number of rotatable bonds is 1. The molecule has 0 saturated heterocycles. The van der Waals surface area contributed by atoms with Gasteiger partial charge in [-0.1, -0.05) is 35.9 Å². The molecule has 0 saturated carbocycles. The van der Waals surface area contributed by atoms with Gasteiger partial charge in [0.1, 0.15) is 0 Å². The van der Waals surface area contributed by atoms with Crippen molar-refractivity contribution >= 4 is 33.4 Å². The van der Waals surface area contributed by atoms with E-state index >= 15 is 0 Å². The first-order valence-corrected chi connectivity index (χ1v) is 6.99. The van der Waals surface area contributed by atoms with E-state index in [9.17, 15) is 4.79 Å². The maximum absolute atomic E-state index is 12.4. The summed E-state index contributed by atoms with van der Waals surface area (Å²) < 4.78 is 0. The van der Waals surface area contributed by atoms with E-state index in [1.54, 1.807) is 6.07 Å². The second kappa shape index (κ2) is 4.50. The Hall–Kier alpha value is -2.52. The fourth-order valence-electron chi connectivity index (χ4n) is 2.67. The van der Waals surface area contributed by atoms with Crippen LogP contribution in [0.15, 0.2) is 59.5 Å². The number of aromatic nitrogens is 2. The van der Waals surface area contributed by atoms with Gasteiger partial charge in [0.25, 0.3) is 5.56 Å². The predicted molar refractivity (Wildman–Crippen MR) is 86.9 cm³/mol. The summed E-state index contributed by atoms with van der Waals surface area (Å²) in [5.41, 5.74) is 3.21. The van der Waals surface area contributed by atoms with Gasteiger partial charge in [-0.3, -0.25) is 4.79 Å². The van der Waals surface area contributed by atoms with Crippen LogP contribution < -0.4 is 5.56 Å². The quantitative estimate of drug-likeness (QED) is 0.539. The van der Waals surface area contributed by atoms with Crippen molar-refractivity contribution in [2.24, 2.45) is 0 Å². The number of benzene rings is 2. The number of hydrogen-bond acceptors (Lipinski definition) is 1. The standard InChI is InChI=1S/C17H11ClN2O/c18-11-6-5-10-7-13(17(21)20-16(10)8-11)14-9-19-15-4-2-1-3-12(14)15/h1-9,19H,(H,20,21). The van der Waals surface area contributed by atoms with Gasteiger partial charge in [-0.15, -0.1) is 0 Å². The summed E-state index contributed by atoms with van der Waals surface area (Å²) in [7, 11) is 0. The Morgan fingerprint density at radius 1 is 0.905 bits per heavy atom. The first-order chi connectivity index (χ1) is 10.2. The summed E-state index contributed by atoms with van der Waals surface area (Å²) in [6.45, 7) is 0. The second-order valence-electron chi connectivity index (χ2n) is 4.99. The Labute approximate surface area is 125 Å². The fourth-order valence-corrected chi connectivity index (χ4v) is 2.84. The number of H-pyrrole nitrogens is 2. The lowest BCUT2D eigenvalue weighted by molar-refractivity contribution is 1.31. The third-order valence-electron chi connectivity index (χ3n) is 3.69. The first kappa shape index (κ1) is 12.2. The smallest absolute Gasteiger partial charge is 0.256 e. The van der Waals surface area contributed by atoms with Crippen molar-refractivity contribution in [3.63, 3.8) is 0 Å². The zero-order valence-electron chi connectivity index (χ0n) is 11.0. The Morgan fingerprint density at radius 2 is 1.76 bits per heavy atom. The monoisotopic (exact) mass is 294 g/mol. The van der Waals surface area contributed by atoms with Crippen LogP contribution in [0.5, 0.6) is 0 Å². The molecule has 0 unspecified atom stereocenters. The zero-order valence-corrected chi connectivity index (χ0v) is 11.7. The minimum absolute atomic E-state index is 0.116. The molecule has 0 aliphatic heterocycles. The van der Waals surface area contributed by atoms with E-state index in [0.717, 1.165) is 27.4 Å². The van der Waals surface area contributed by atoms with Gasteiger partial charge in [0.2, 0.25) is 0 Å². The molecule has 4 heteroatoms. The molecule has 0 atom stereocenters. The summed E-state index contributed by atoms with van der Waals surface area (Å²) in [4.78, 5) is 18.5. The van der Waals surface area contributed by atoms with Gasteiger partial charge in [-0.05, 0) is 29.7 Å². The van der Waals surface area contributed by atoms with Crippen LogP contribution in [0.25, 0.3) is 32.9 Å². The van der Waals surface area contributed by atoms with Crippen LogP contribution >= 0.6 is 11.6 Å². The zero-order chi connectivity index (χ0) is 14.4. The summed E-state index contributed by atoms with van der Waals surface area (Å²) in [5, 5.41) is 2.61. The van der Waals surface area contributed by atoms with Crippen LogP contribution in [0.1, 0.15) is 0 Å². The minimum Gasteiger partial charge on any atom is -0.361 e. The molecule has 2 heterocycles. The third-order valence-corrected chi connectivity index (χ3v) is 3.92. The van der Waals surface area contributed by atoms with Crippen LogP contribution in [-0.2, 0) is 0 Å². The van der Waals surface area contributed by atoms with E-state index in [-0.39, 0.29) is 5.56 Å². The van der Waals surface area contributed by atoms with Crippen molar-refractivity contribution in [3.05, 3.63) is 70.1 Å². The van der Waals surface area contributed by atoms with Gasteiger partial charge in [0.15, 0.2) is 0 Å². The molecule has 2 aromatic heterocycles. The Balaban J connectivity index is 2.04. The fraction of sp³-hybridized carbons (Fsp3) is 0. The van der Waals surface area contributed by atoms with Gasteiger partial charge < -0.3 is 9.97 Å². The molecular formula is C17H11ClN2O. The van der Waals surface area contributed by atoms with Crippen molar-refractivity contribution in [1.29, 1.82) is 0 Å². The lowest BCUT2D eigenvalue weighted by Crippen LogP contribution is -2.08. The average molecular weight is 295 g/mol. The van der Waals surface area contributed by atoms with Crippen LogP contribution in [0.3, 0.4) is 0 Å². The number of para-hydroxylation sites is 1. The normalized spacial score (nSPS) is 11.3. The number of fused-ring (bicyclic) bond motifs is 2. The van der Waals surface area contributed by atoms with Crippen molar-refractivity contribution in [2.75, 3.05) is 0 Å². The molecule has 102 valence electrons. The highest BCUT2D eigenvalue weighted by Crippen LogP contribution is 2.28. The van der Waals surface area contributed by atoms with Crippen molar-refractivity contribution < 1.29 is 0 Å². The molecule has 2 aromatic carbocycles. The topological polar surface area (TPSA) is 48.6 Å². The van der Waals surface area contributed by atoms with Gasteiger partial charge in [-0.2, -0.15) is 0 Å². The largest absolute Gasteiger partial charge is 0.361 e. The van der Waals surface area contributed by atoms with Crippen LogP contribution in [0, 0.1) is 0 Å². The average Bonchev–Trinajstić information content (AvgIpc) is 2.90. The van der Waals surface area contributed by atoms with Gasteiger partial charge in [0.05, 0.1) is 0 Å². The van der Waals surface area contributed by atoms with Crippen LogP contribution in [-0.4, -0.2) is 9.97 Å². The molecule has 0 fully saturated rings. The van der Waals surface area contributed by atoms with E-state index in [2.05, 4.69) is 9.97 Å². The highest BCUT2D eigenvalue weighted by Gasteiger charge is 2.10. The number of nitrogens with one attached hydrogen (secondary N) is 2. The minimum atomic E-state index is -0.116. The highest BCUT2D eigenvalue weighted by atomic mass is 35.5. The lowest BCUT2D eigenvalue weighted by atomic mass is 10.0. The molecule has 0 bridgehead atoms.